The summed E-state index contributed by atoms with van der Waals surface area (Å²) in [6.07, 6.45) is -3.32. The second-order valence-corrected chi connectivity index (χ2v) is 4.71. The maximum absolute atomic E-state index is 12.2. The van der Waals surface area contributed by atoms with Gasteiger partial charge in [0.15, 0.2) is 0 Å². The molecule has 0 spiro atoms. The van der Waals surface area contributed by atoms with Crippen LogP contribution in [0.2, 0.25) is 0 Å². The molecule has 2 nitrogen and oxygen atoms in total. The first-order valence-electron chi connectivity index (χ1n) is 5.27. The molecule has 0 aliphatic carbocycles. The summed E-state index contributed by atoms with van der Waals surface area (Å²) in [5.74, 6) is 0. The molecule has 1 unspecified atom stereocenters. The summed E-state index contributed by atoms with van der Waals surface area (Å²) in [6, 6.07) is 6.35. The minimum Gasteiger partial charge on any atom is -0.381 e. The summed E-state index contributed by atoms with van der Waals surface area (Å²) in [6.45, 7) is 1.44. The lowest BCUT2D eigenvalue weighted by Gasteiger charge is -2.18. The Kier molecular flexibility index (Phi) is 4.91. The Morgan fingerprint density at radius 1 is 1.44 bits per heavy atom. The molecule has 1 rings (SSSR count). The normalized spacial score (nSPS) is 12.9. The molecular weight excluding hydrogens is 261 g/mol. The topological polar surface area (TPSA) is 35.8 Å². The highest BCUT2D eigenvalue weighted by atomic mass is 32.2. The van der Waals surface area contributed by atoms with E-state index in [0.29, 0.717) is 11.3 Å². The SMILES string of the molecule is CSc1cccc(NC(C)CC(F)(F)F)c1C#N. The molecule has 18 heavy (non-hydrogen) atoms. The van der Waals surface area contributed by atoms with E-state index < -0.39 is 18.6 Å². The summed E-state index contributed by atoms with van der Waals surface area (Å²) in [4.78, 5) is 0.752. The van der Waals surface area contributed by atoms with Crippen LogP contribution in [0, 0.1) is 11.3 Å². The molecule has 98 valence electrons. The van der Waals surface area contributed by atoms with Gasteiger partial charge in [0.2, 0.25) is 0 Å². The molecule has 1 atom stereocenters. The Hall–Kier alpha value is -1.35. The Bertz CT molecular complexity index is 452. The number of halogens is 3. The standard InChI is InChI=1S/C12H13F3N2S/c1-8(6-12(13,14)15)17-10-4-3-5-11(18-2)9(10)7-16/h3-5,8,17H,6H2,1-2H3. The number of thioether (sulfide) groups is 1. The second-order valence-electron chi connectivity index (χ2n) is 3.86. The Morgan fingerprint density at radius 3 is 2.61 bits per heavy atom. The lowest BCUT2D eigenvalue weighted by Crippen LogP contribution is -2.24. The predicted molar refractivity (Wildman–Crippen MR) is 66.7 cm³/mol. The number of hydrogen-bond donors (Lipinski definition) is 1. The van der Waals surface area contributed by atoms with Crippen molar-refractivity contribution in [2.75, 3.05) is 11.6 Å². The van der Waals surface area contributed by atoms with Crippen molar-refractivity contribution in [3.63, 3.8) is 0 Å². The first-order chi connectivity index (χ1) is 8.37. The van der Waals surface area contributed by atoms with Gasteiger partial charge in [-0.1, -0.05) is 6.07 Å². The van der Waals surface area contributed by atoms with E-state index in [1.807, 2.05) is 12.3 Å². The number of benzene rings is 1. The number of nitrogens with zero attached hydrogens (tertiary/aromatic N) is 1. The van der Waals surface area contributed by atoms with Crippen LogP contribution in [0.1, 0.15) is 18.9 Å². The van der Waals surface area contributed by atoms with Crippen molar-refractivity contribution in [3.8, 4) is 6.07 Å². The van der Waals surface area contributed by atoms with E-state index in [1.54, 1.807) is 18.2 Å². The first kappa shape index (κ1) is 14.7. The third kappa shape index (κ3) is 4.15. The van der Waals surface area contributed by atoms with Crippen LogP contribution in [0.3, 0.4) is 0 Å². The van der Waals surface area contributed by atoms with Crippen LogP contribution in [-0.2, 0) is 0 Å². The molecule has 0 aliphatic rings. The molecule has 0 radical (unpaired) electrons. The van der Waals surface area contributed by atoms with Gasteiger partial charge in [-0.15, -0.1) is 11.8 Å². The molecule has 0 heterocycles. The van der Waals surface area contributed by atoms with E-state index >= 15 is 0 Å². The summed E-state index contributed by atoms with van der Waals surface area (Å²) in [7, 11) is 0. The molecule has 0 saturated carbocycles. The van der Waals surface area contributed by atoms with Gasteiger partial charge in [0.25, 0.3) is 0 Å². The van der Waals surface area contributed by atoms with Gasteiger partial charge in [0.05, 0.1) is 17.7 Å². The third-order valence-corrected chi connectivity index (χ3v) is 3.08. The molecule has 0 amide bonds. The van der Waals surface area contributed by atoms with Crippen LogP contribution in [0.15, 0.2) is 23.1 Å². The molecule has 0 aromatic heterocycles. The van der Waals surface area contributed by atoms with Gasteiger partial charge < -0.3 is 5.32 Å². The summed E-state index contributed by atoms with van der Waals surface area (Å²) >= 11 is 1.39. The Balaban J connectivity index is 2.88. The summed E-state index contributed by atoms with van der Waals surface area (Å²) in [5, 5.41) is 11.8. The van der Waals surface area contributed by atoms with Crippen LogP contribution in [0.5, 0.6) is 0 Å². The zero-order valence-electron chi connectivity index (χ0n) is 10.0. The van der Waals surface area contributed by atoms with Crippen molar-refractivity contribution >= 4 is 17.4 Å². The molecule has 0 fully saturated rings. The van der Waals surface area contributed by atoms with Gasteiger partial charge in [-0.25, -0.2) is 0 Å². The van der Waals surface area contributed by atoms with Crippen LogP contribution in [0.4, 0.5) is 18.9 Å². The zero-order chi connectivity index (χ0) is 13.8. The van der Waals surface area contributed by atoms with Crippen LogP contribution >= 0.6 is 11.8 Å². The zero-order valence-corrected chi connectivity index (χ0v) is 10.8. The van der Waals surface area contributed by atoms with Gasteiger partial charge in [-0.2, -0.15) is 18.4 Å². The van der Waals surface area contributed by atoms with Gasteiger partial charge in [0.1, 0.15) is 6.07 Å². The maximum Gasteiger partial charge on any atom is 0.391 e. The highest BCUT2D eigenvalue weighted by Gasteiger charge is 2.30. The largest absolute Gasteiger partial charge is 0.391 e. The van der Waals surface area contributed by atoms with Crippen molar-refractivity contribution in [2.45, 2.75) is 30.5 Å². The number of hydrogen-bond acceptors (Lipinski definition) is 3. The maximum atomic E-state index is 12.2. The molecule has 6 heteroatoms. The van der Waals surface area contributed by atoms with Gasteiger partial charge in [-0.05, 0) is 25.3 Å². The Morgan fingerprint density at radius 2 is 2.11 bits per heavy atom. The van der Waals surface area contributed by atoms with Crippen LogP contribution in [-0.4, -0.2) is 18.5 Å². The predicted octanol–water partition coefficient (Wildman–Crippen LogP) is 4.03. The minimum absolute atomic E-state index is 0.388. The Labute approximate surface area is 108 Å². The number of alkyl halides is 3. The number of rotatable bonds is 4. The van der Waals surface area contributed by atoms with E-state index in [4.69, 9.17) is 5.26 Å². The third-order valence-electron chi connectivity index (χ3n) is 2.30. The lowest BCUT2D eigenvalue weighted by molar-refractivity contribution is -0.136. The van der Waals surface area contributed by atoms with Gasteiger partial charge in [-0.3, -0.25) is 0 Å². The molecule has 1 aromatic rings. The monoisotopic (exact) mass is 274 g/mol. The quantitative estimate of drug-likeness (QED) is 0.842. The van der Waals surface area contributed by atoms with E-state index in [1.165, 1.54) is 18.7 Å². The number of anilines is 1. The fraction of sp³-hybridized carbons (Fsp3) is 0.417. The first-order valence-corrected chi connectivity index (χ1v) is 6.50. The summed E-state index contributed by atoms with van der Waals surface area (Å²) in [5.41, 5.74) is 0.833. The van der Waals surface area contributed by atoms with Gasteiger partial charge in [0, 0.05) is 10.9 Å². The highest BCUT2D eigenvalue weighted by molar-refractivity contribution is 7.98. The van der Waals surface area contributed by atoms with E-state index in [-0.39, 0.29) is 0 Å². The molecule has 0 aliphatic heterocycles. The fourth-order valence-corrected chi connectivity index (χ4v) is 2.17. The van der Waals surface area contributed by atoms with E-state index in [0.717, 1.165) is 4.90 Å². The smallest absolute Gasteiger partial charge is 0.381 e. The molecule has 0 bridgehead atoms. The van der Waals surface area contributed by atoms with Crippen LogP contribution in [0.25, 0.3) is 0 Å². The molecular formula is C12H13F3N2S. The van der Waals surface area contributed by atoms with Crippen molar-refractivity contribution in [1.29, 1.82) is 5.26 Å². The fourth-order valence-electron chi connectivity index (χ4n) is 1.60. The van der Waals surface area contributed by atoms with Crippen LogP contribution < -0.4 is 5.32 Å². The number of nitrogens with one attached hydrogen (secondary N) is 1. The lowest BCUT2D eigenvalue weighted by atomic mass is 10.1. The summed E-state index contributed by atoms with van der Waals surface area (Å²) < 4.78 is 36.7. The minimum atomic E-state index is -4.21. The molecule has 0 saturated heterocycles. The van der Waals surface area contributed by atoms with Crippen molar-refractivity contribution in [1.82, 2.24) is 0 Å². The van der Waals surface area contributed by atoms with Crippen molar-refractivity contribution in [3.05, 3.63) is 23.8 Å². The van der Waals surface area contributed by atoms with E-state index in [2.05, 4.69) is 5.32 Å². The average Bonchev–Trinajstić information content (AvgIpc) is 2.25. The molecule has 1 aromatic carbocycles. The molecule has 1 N–H and O–H groups in total. The average molecular weight is 274 g/mol. The highest BCUT2D eigenvalue weighted by Crippen LogP contribution is 2.28. The van der Waals surface area contributed by atoms with E-state index in [9.17, 15) is 13.2 Å². The van der Waals surface area contributed by atoms with Crippen molar-refractivity contribution in [2.24, 2.45) is 0 Å². The number of nitriles is 1. The van der Waals surface area contributed by atoms with Crippen molar-refractivity contribution < 1.29 is 13.2 Å². The second kappa shape index (κ2) is 6.01. The van der Waals surface area contributed by atoms with Gasteiger partial charge >= 0.3 is 6.18 Å².